The number of urea groups is 1. The minimum Gasteiger partial charge on any atom is -0.435 e. The number of benzene rings is 1. The molecule has 9 nitrogen and oxygen atoms in total. The van der Waals surface area contributed by atoms with Gasteiger partial charge >= 0.3 is 12.6 Å². The first-order valence-corrected chi connectivity index (χ1v) is 8.61. The Labute approximate surface area is 164 Å². The summed E-state index contributed by atoms with van der Waals surface area (Å²) < 4.78 is 33.7. The van der Waals surface area contributed by atoms with Crippen molar-refractivity contribution in [2.75, 3.05) is 11.9 Å². The van der Waals surface area contributed by atoms with Crippen molar-refractivity contribution in [3.8, 4) is 5.75 Å². The average molecular weight is 408 g/mol. The zero-order chi connectivity index (χ0) is 21.2. The zero-order valence-electron chi connectivity index (χ0n) is 15.6. The van der Waals surface area contributed by atoms with E-state index >= 15 is 0 Å². The van der Waals surface area contributed by atoms with E-state index in [4.69, 9.17) is 4.52 Å². The third-order valence-electron chi connectivity index (χ3n) is 4.39. The first-order chi connectivity index (χ1) is 13.7. The fourth-order valence-electron chi connectivity index (χ4n) is 2.91. The van der Waals surface area contributed by atoms with E-state index in [2.05, 4.69) is 20.5 Å². The molecular formula is C18H18F2N4O5. The zero-order valence-corrected chi connectivity index (χ0v) is 15.6. The molecule has 1 aromatic heterocycles. The van der Waals surface area contributed by atoms with Gasteiger partial charge in [0, 0.05) is 19.0 Å². The number of ether oxygens (including phenoxy) is 1. The number of anilines is 1. The summed E-state index contributed by atoms with van der Waals surface area (Å²) >= 11 is 0. The van der Waals surface area contributed by atoms with Crippen molar-refractivity contribution < 1.29 is 32.4 Å². The molecule has 3 rings (SSSR count). The van der Waals surface area contributed by atoms with E-state index < -0.39 is 30.0 Å². The molecule has 1 saturated heterocycles. The first-order valence-electron chi connectivity index (χ1n) is 8.61. The number of carbonyl (C=O) groups excluding carboxylic acids is 3. The van der Waals surface area contributed by atoms with E-state index in [0.29, 0.717) is 11.3 Å². The fourth-order valence-corrected chi connectivity index (χ4v) is 2.91. The molecule has 154 valence electrons. The maximum Gasteiger partial charge on any atom is 0.387 e. The van der Waals surface area contributed by atoms with Crippen LogP contribution in [0.2, 0.25) is 0 Å². The van der Waals surface area contributed by atoms with Crippen LogP contribution < -0.4 is 15.4 Å². The highest BCUT2D eigenvalue weighted by atomic mass is 19.3. The fraction of sp³-hybridized carbons (Fsp3) is 0.333. The lowest BCUT2D eigenvalue weighted by molar-refractivity contribution is -0.131. The summed E-state index contributed by atoms with van der Waals surface area (Å²) in [6.45, 7) is 0.0550. The largest absolute Gasteiger partial charge is 0.435 e. The lowest BCUT2D eigenvalue weighted by Gasteiger charge is -2.22. The minimum atomic E-state index is -2.97. The number of rotatable bonds is 7. The number of halogens is 2. The van der Waals surface area contributed by atoms with E-state index in [0.717, 1.165) is 4.90 Å². The summed E-state index contributed by atoms with van der Waals surface area (Å²) in [5.41, 5.74) is -0.998. The van der Waals surface area contributed by atoms with Gasteiger partial charge in [0.2, 0.25) is 5.91 Å². The normalized spacial score (nSPS) is 18.9. The van der Waals surface area contributed by atoms with Crippen LogP contribution in [0.3, 0.4) is 0 Å². The molecule has 2 heterocycles. The average Bonchev–Trinajstić information content (AvgIpc) is 3.15. The van der Waals surface area contributed by atoms with Crippen molar-refractivity contribution in [3.05, 3.63) is 41.7 Å². The lowest BCUT2D eigenvalue weighted by atomic mass is 9.92. The highest BCUT2D eigenvalue weighted by Gasteiger charge is 2.48. The predicted octanol–water partition coefficient (Wildman–Crippen LogP) is 2.38. The number of alkyl halides is 2. The van der Waals surface area contributed by atoms with Gasteiger partial charge in [0.15, 0.2) is 5.82 Å². The summed E-state index contributed by atoms with van der Waals surface area (Å²) in [6, 6.07) is 6.27. The van der Waals surface area contributed by atoms with Crippen molar-refractivity contribution in [1.82, 2.24) is 15.4 Å². The number of amides is 4. The van der Waals surface area contributed by atoms with Gasteiger partial charge in [0.25, 0.3) is 5.91 Å². The van der Waals surface area contributed by atoms with Gasteiger partial charge in [-0.25, -0.2) is 4.79 Å². The van der Waals surface area contributed by atoms with Gasteiger partial charge in [-0.1, -0.05) is 17.3 Å². The van der Waals surface area contributed by atoms with E-state index in [1.165, 1.54) is 37.3 Å². The van der Waals surface area contributed by atoms with Crippen LogP contribution in [0, 0.1) is 6.92 Å². The molecule has 0 aliphatic carbocycles. The summed E-state index contributed by atoms with van der Waals surface area (Å²) in [6.07, 6.45) is -0.137. The maximum atomic E-state index is 12.8. The second-order valence-electron chi connectivity index (χ2n) is 6.54. The number of hydrogen-bond donors (Lipinski definition) is 2. The minimum absolute atomic E-state index is 0.0688. The van der Waals surface area contributed by atoms with Crippen molar-refractivity contribution >= 4 is 23.7 Å². The third-order valence-corrected chi connectivity index (χ3v) is 4.39. The second-order valence-corrected chi connectivity index (χ2v) is 6.54. The quantitative estimate of drug-likeness (QED) is 0.680. The first kappa shape index (κ1) is 20.2. The van der Waals surface area contributed by atoms with Crippen LogP contribution in [0.15, 0.2) is 34.9 Å². The van der Waals surface area contributed by atoms with Crippen molar-refractivity contribution in [3.63, 3.8) is 0 Å². The van der Waals surface area contributed by atoms with Crippen LogP contribution in [-0.2, 0) is 15.1 Å². The van der Waals surface area contributed by atoms with E-state index in [1.807, 2.05) is 0 Å². The van der Waals surface area contributed by atoms with Gasteiger partial charge in [-0.3, -0.25) is 14.5 Å². The Morgan fingerprint density at radius 1 is 1.34 bits per heavy atom. The van der Waals surface area contributed by atoms with Gasteiger partial charge in [0.05, 0.1) is 0 Å². The third kappa shape index (κ3) is 4.33. The molecule has 0 spiro atoms. The predicted molar refractivity (Wildman–Crippen MR) is 95.2 cm³/mol. The highest BCUT2D eigenvalue weighted by molar-refractivity contribution is 6.07. The Balaban J connectivity index is 1.64. The summed E-state index contributed by atoms with van der Waals surface area (Å²) in [5, 5.41) is 8.70. The van der Waals surface area contributed by atoms with Crippen LogP contribution in [0.25, 0.3) is 0 Å². The van der Waals surface area contributed by atoms with Gasteiger partial charge in [0.1, 0.15) is 17.0 Å². The van der Waals surface area contributed by atoms with Gasteiger partial charge in [-0.15, -0.1) is 0 Å². The van der Waals surface area contributed by atoms with Crippen LogP contribution >= 0.6 is 0 Å². The summed E-state index contributed by atoms with van der Waals surface area (Å²) in [4.78, 5) is 38.0. The van der Waals surface area contributed by atoms with Crippen molar-refractivity contribution in [1.29, 1.82) is 0 Å². The molecule has 0 radical (unpaired) electrons. The van der Waals surface area contributed by atoms with Gasteiger partial charge < -0.3 is 19.9 Å². The Kier molecular flexibility index (Phi) is 5.48. The molecule has 0 bridgehead atoms. The number of nitrogens with zero attached hydrogens (tertiary/aromatic N) is 2. The van der Waals surface area contributed by atoms with Crippen molar-refractivity contribution in [2.24, 2.45) is 0 Å². The van der Waals surface area contributed by atoms with E-state index in [1.54, 1.807) is 6.92 Å². The highest BCUT2D eigenvalue weighted by Crippen LogP contribution is 2.30. The standard InChI is InChI=1S/C18H18F2N4O5/c1-10-9-13(23-29-10)21-14(25)7-8-24-15(26)18(2,22-17(24)27)11-3-5-12(6-4-11)28-16(19)20/h3-6,9,16H,7-8H2,1-2H3,(H,22,27)(H,21,23,25). The number of hydrogen-bond acceptors (Lipinski definition) is 6. The van der Waals surface area contributed by atoms with Crippen LogP contribution in [0.1, 0.15) is 24.7 Å². The summed E-state index contributed by atoms with van der Waals surface area (Å²) in [7, 11) is 0. The lowest BCUT2D eigenvalue weighted by Crippen LogP contribution is -2.41. The second kappa shape index (κ2) is 7.86. The van der Waals surface area contributed by atoms with Crippen LogP contribution in [0.5, 0.6) is 5.75 Å². The van der Waals surface area contributed by atoms with Gasteiger partial charge in [-0.05, 0) is 31.5 Å². The van der Waals surface area contributed by atoms with E-state index in [9.17, 15) is 23.2 Å². The molecule has 11 heteroatoms. The molecule has 1 aliphatic heterocycles. The monoisotopic (exact) mass is 408 g/mol. The molecule has 29 heavy (non-hydrogen) atoms. The summed E-state index contributed by atoms with van der Waals surface area (Å²) in [5.74, 6) is -0.312. The van der Waals surface area contributed by atoms with Gasteiger partial charge in [-0.2, -0.15) is 8.78 Å². The topological polar surface area (TPSA) is 114 Å². The smallest absolute Gasteiger partial charge is 0.387 e. The number of aromatic nitrogens is 1. The Hall–Kier alpha value is -3.50. The molecule has 1 atom stereocenters. The molecule has 2 N–H and O–H groups in total. The van der Waals surface area contributed by atoms with Crippen molar-refractivity contribution in [2.45, 2.75) is 32.4 Å². The molecule has 4 amide bonds. The van der Waals surface area contributed by atoms with E-state index in [-0.39, 0.29) is 24.5 Å². The molecular weight excluding hydrogens is 390 g/mol. The van der Waals surface area contributed by atoms with Crippen LogP contribution in [0.4, 0.5) is 19.4 Å². The Bertz CT molecular complexity index is 931. The Morgan fingerprint density at radius 3 is 2.62 bits per heavy atom. The number of carbonyl (C=O) groups is 3. The molecule has 1 aromatic carbocycles. The molecule has 1 fully saturated rings. The SMILES string of the molecule is Cc1cc(NC(=O)CCN2C(=O)NC(C)(c3ccc(OC(F)F)cc3)C2=O)no1. The Morgan fingerprint density at radius 2 is 2.03 bits per heavy atom. The number of aryl methyl sites for hydroxylation is 1. The number of imide groups is 1. The molecule has 2 aromatic rings. The maximum absolute atomic E-state index is 12.8. The van der Waals surface area contributed by atoms with Crippen LogP contribution in [-0.4, -0.2) is 41.1 Å². The molecule has 0 saturated carbocycles. The molecule has 1 aliphatic rings. The molecule has 1 unspecified atom stereocenters. The number of nitrogens with one attached hydrogen (secondary N) is 2.